The number of ether oxygens (including phenoxy) is 1. The lowest BCUT2D eigenvalue weighted by molar-refractivity contribution is -0.385. The van der Waals surface area contributed by atoms with Crippen LogP contribution in [0.15, 0.2) is 17.7 Å². The molecule has 0 aliphatic rings. The minimum Gasteiger partial charge on any atom is -0.496 e. The van der Waals surface area contributed by atoms with Crippen molar-refractivity contribution >= 4 is 23.2 Å². The van der Waals surface area contributed by atoms with Gasteiger partial charge in [-0.05, 0) is 31.6 Å². The van der Waals surface area contributed by atoms with E-state index in [1.165, 1.54) is 33.1 Å². The van der Waals surface area contributed by atoms with Gasteiger partial charge in [0.05, 0.1) is 23.2 Å². The largest absolute Gasteiger partial charge is 0.496 e. The van der Waals surface area contributed by atoms with Crippen LogP contribution in [0.5, 0.6) is 5.75 Å². The number of benzene rings is 1. The van der Waals surface area contributed by atoms with Gasteiger partial charge in [0.1, 0.15) is 11.3 Å². The highest BCUT2D eigenvalue weighted by molar-refractivity contribution is 6.18. The lowest BCUT2D eigenvalue weighted by Gasteiger charge is -2.11. The minimum absolute atomic E-state index is 0.0712. The van der Waals surface area contributed by atoms with E-state index in [0.717, 1.165) is 0 Å². The Bertz CT molecular complexity index is 645. The second-order valence-electron chi connectivity index (χ2n) is 4.16. The molecule has 1 aromatic carbocycles. The van der Waals surface area contributed by atoms with Crippen molar-refractivity contribution in [2.45, 2.75) is 13.8 Å². The van der Waals surface area contributed by atoms with Gasteiger partial charge in [0.2, 0.25) is 0 Å². The first-order valence-electron chi connectivity index (χ1n) is 5.72. The summed E-state index contributed by atoms with van der Waals surface area (Å²) in [4.78, 5) is 32.5. The monoisotopic (exact) mass is 295 g/mol. The summed E-state index contributed by atoms with van der Waals surface area (Å²) in [6.07, 6.45) is 0. The van der Waals surface area contributed by atoms with E-state index in [2.05, 4.69) is 0 Å². The number of carboxylic acid groups (broad SMARTS) is 2. The molecule has 0 radical (unpaired) electrons. The summed E-state index contributed by atoms with van der Waals surface area (Å²) in [6, 6.07) is 2.69. The maximum atomic E-state index is 11.2. The van der Waals surface area contributed by atoms with Crippen LogP contribution < -0.4 is 4.74 Å². The van der Waals surface area contributed by atoms with Crippen LogP contribution in [0.3, 0.4) is 0 Å². The Balaban J connectivity index is 3.75. The van der Waals surface area contributed by atoms with Crippen molar-refractivity contribution in [2.24, 2.45) is 0 Å². The maximum Gasteiger partial charge on any atom is 0.343 e. The fraction of sp³-hybridized carbons (Fsp3) is 0.231. The first-order valence-corrected chi connectivity index (χ1v) is 5.72. The van der Waals surface area contributed by atoms with Crippen LogP contribution in [0.25, 0.3) is 5.57 Å². The Morgan fingerprint density at radius 3 is 2.14 bits per heavy atom. The molecule has 0 fully saturated rings. The summed E-state index contributed by atoms with van der Waals surface area (Å²) >= 11 is 0. The molecule has 2 N–H and O–H groups in total. The molecule has 0 heterocycles. The van der Waals surface area contributed by atoms with Crippen LogP contribution in [0.2, 0.25) is 0 Å². The van der Waals surface area contributed by atoms with E-state index in [1.807, 2.05) is 0 Å². The van der Waals surface area contributed by atoms with Gasteiger partial charge in [0, 0.05) is 0 Å². The average molecular weight is 295 g/mol. The molecule has 0 atom stereocenters. The Morgan fingerprint density at radius 2 is 1.76 bits per heavy atom. The Morgan fingerprint density at radius 1 is 1.24 bits per heavy atom. The number of carboxylic acids is 2. The van der Waals surface area contributed by atoms with E-state index in [-0.39, 0.29) is 28.1 Å². The molecule has 0 bridgehead atoms. The molecule has 8 nitrogen and oxygen atoms in total. The molecule has 0 amide bonds. The summed E-state index contributed by atoms with van der Waals surface area (Å²) in [5.41, 5.74) is -1.38. The summed E-state index contributed by atoms with van der Waals surface area (Å²) in [5.74, 6) is -3.07. The molecule has 0 saturated heterocycles. The first-order chi connectivity index (χ1) is 9.72. The molecule has 0 unspecified atom stereocenters. The molecule has 0 aliphatic heterocycles. The number of carbonyl (C=O) groups is 2. The number of hydrogen-bond donors (Lipinski definition) is 2. The molecule has 1 rings (SSSR count). The molecule has 21 heavy (non-hydrogen) atoms. The van der Waals surface area contributed by atoms with E-state index in [9.17, 15) is 19.7 Å². The highest BCUT2D eigenvalue weighted by Gasteiger charge is 2.27. The Hall–Kier alpha value is -2.90. The predicted molar refractivity (Wildman–Crippen MR) is 72.3 cm³/mol. The van der Waals surface area contributed by atoms with Gasteiger partial charge < -0.3 is 14.9 Å². The predicted octanol–water partition coefficient (Wildman–Crippen LogP) is 1.85. The standard InChI is InChI=1S/C13H13NO7/c1-6(10(12(15)16)13(17)18)8-4-5-9(21-3)7(2)11(8)14(19)20/h4-5H,1-3H3,(H,15,16)(H,17,18). The number of aliphatic carboxylic acids is 2. The zero-order valence-corrected chi connectivity index (χ0v) is 11.5. The van der Waals surface area contributed by atoms with Crippen molar-refractivity contribution in [1.82, 2.24) is 0 Å². The normalized spacial score (nSPS) is 9.86. The topological polar surface area (TPSA) is 127 Å². The molecule has 8 heteroatoms. The molecular weight excluding hydrogens is 282 g/mol. The number of methoxy groups -OCH3 is 1. The number of rotatable bonds is 5. The van der Waals surface area contributed by atoms with Gasteiger partial charge in [-0.25, -0.2) is 9.59 Å². The van der Waals surface area contributed by atoms with Gasteiger partial charge in [0.15, 0.2) is 0 Å². The van der Waals surface area contributed by atoms with E-state index in [0.29, 0.717) is 0 Å². The minimum atomic E-state index is -1.66. The average Bonchev–Trinajstić information content (AvgIpc) is 2.36. The molecule has 0 aromatic heterocycles. The van der Waals surface area contributed by atoms with Crippen molar-refractivity contribution in [2.75, 3.05) is 7.11 Å². The van der Waals surface area contributed by atoms with Gasteiger partial charge in [-0.15, -0.1) is 0 Å². The summed E-state index contributed by atoms with van der Waals surface area (Å²) in [6.45, 7) is 2.65. The van der Waals surface area contributed by atoms with Gasteiger partial charge in [-0.1, -0.05) is 0 Å². The summed E-state index contributed by atoms with van der Waals surface area (Å²) < 4.78 is 4.97. The van der Waals surface area contributed by atoms with E-state index >= 15 is 0 Å². The third-order valence-electron chi connectivity index (χ3n) is 2.99. The second-order valence-corrected chi connectivity index (χ2v) is 4.16. The van der Waals surface area contributed by atoms with Crippen LogP contribution >= 0.6 is 0 Å². The smallest absolute Gasteiger partial charge is 0.343 e. The van der Waals surface area contributed by atoms with Crippen LogP contribution in [0.1, 0.15) is 18.1 Å². The second kappa shape index (κ2) is 6.04. The van der Waals surface area contributed by atoms with Crippen LogP contribution in [-0.4, -0.2) is 34.2 Å². The highest BCUT2D eigenvalue weighted by atomic mass is 16.6. The lowest BCUT2D eigenvalue weighted by atomic mass is 9.97. The zero-order chi connectivity index (χ0) is 16.3. The molecular formula is C13H13NO7. The van der Waals surface area contributed by atoms with Gasteiger partial charge in [0.25, 0.3) is 5.69 Å². The van der Waals surface area contributed by atoms with Gasteiger partial charge in [-0.2, -0.15) is 0 Å². The Labute approximate surface area is 119 Å². The fourth-order valence-electron chi connectivity index (χ4n) is 1.99. The molecule has 0 spiro atoms. The summed E-state index contributed by atoms with van der Waals surface area (Å²) in [5, 5.41) is 29.1. The van der Waals surface area contributed by atoms with Crippen LogP contribution in [-0.2, 0) is 9.59 Å². The zero-order valence-electron chi connectivity index (χ0n) is 11.5. The first kappa shape index (κ1) is 16.2. The molecule has 0 aliphatic carbocycles. The molecule has 1 aromatic rings. The SMILES string of the molecule is COc1ccc(C(C)=C(C(=O)O)C(=O)O)c([N+](=O)[O-])c1C. The molecule has 0 saturated carbocycles. The number of nitro benzene ring substituents is 1. The highest BCUT2D eigenvalue weighted by Crippen LogP contribution is 2.36. The lowest BCUT2D eigenvalue weighted by Crippen LogP contribution is -2.14. The van der Waals surface area contributed by atoms with E-state index in [4.69, 9.17) is 14.9 Å². The van der Waals surface area contributed by atoms with Crippen LogP contribution in [0.4, 0.5) is 5.69 Å². The number of nitro groups is 1. The third-order valence-corrected chi connectivity index (χ3v) is 2.99. The maximum absolute atomic E-state index is 11.2. The fourth-order valence-corrected chi connectivity index (χ4v) is 1.99. The quantitative estimate of drug-likeness (QED) is 0.279. The third kappa shape index (κ3) is 2.99. The van der Waals surface area contributed by atoms with Gasteiger partial charge in [-0.3, -0.25) is 10.1 Å². The van der Waals surface area contributed by atoms with Crippen molar-refractivity contribution < 1.29 is 29.5 Å². The summed E-state index contributed by atoms with van der Waals surface area (Å²) in [7, 11) is 1.34. The number of hydrogen-bond acceptors (Lipinski definition) is 5. The van der Waals surface area contributed by atoms with Crippen molar-refractivity contribution in [3.8, 4) is 5.75 Å². The van der Waals surface area contributed by atoms with Crippen LogP contribution in [0, 0.1) is 17.0 Å². The van der Waals surface area contributed by atoms with E-state index in [1.54, 1.807) is 0 Å². The van der Waals surface area contributed by atoms with Crippen molar-refractivity contribution in [3.05, 3.63) is 38.9 Å². The van der Waals surface area contributed by atoms with Crippen molar-refractivity contribution in [1.29, 1.82) is 0 Å². The van der Waals surface area contributed by atoms with Crippen molar-refractivity contribution in [3.63, 3.8) is 0 Å². The van der Waals surface area contributed by atoms with Gasteiger partial charge >= 0.3 is 11.9 Å². The number of allylic oxidation sites excluding steroid dienone is 1. The Kier molecular flexibility index (Phi) is 4.64. The molecule has 112 valence electrons. The number of nitrogens with zero attached hydrogens (tertiary/aromatic N) is 1. The van der Waals surface area contributed by atoms with E-state index < -0.39 is 22.4 Å².